The van der Waals surface area contributed by atoms with Gasteiger partial charge in [0.05, 0.1) is 13.2 Å². The lowest BCUT2D eigenvalue weighted by atomic mass is 9.95. The highest BCUT2D eigenvalue weighted by Gasteiger charge is 2.25. The summed E-state index contributed by atoms with van der Waals surface area (Å²) in [5.41, 5.74) is 3.18. The third-order valence-corrected chi connectivity index (χ3v) is 6.30. The summed E-state index contributed by atoms with van der Waals surface area (Å²) in [4.78, 5) is 26.4. The quantitative estimate of drug-likeness (QED) is 0.747. The minimum absolute atomic E-state index is 0.169. The predicted molar refractivity (Wildman–Crippen MR) is 110 cm³/mol. The van der Waals surface area contributed by atoms with Gasteiger partial charge in [0, 0.05) is 42.1 Å². The summed E-state index contributed by atoms with van der Waals surface area (Å²) in [6.07, 6.45) is 7.84. The van der Waals surface area contributed by atoms with E-state index in [0.717, 1.165) is 24.1 Å². The Morgan fingerprint density at radius 3 is 2.43 bits per heavy atom. The Bertz CT molecular complexity index is 683. The van der Waals surface area contributed by atoms with E-state index in [1.807, 2.05) is 6.92 Å². The van der Waals surface area contributed by atoms with Crippen LogP contribution in [0.1, 0.15) is 79.7 Å². The van der Waals surface area contributed by atoms with Crippen molar-refractivity contribution in [1.82, 2.24) is 14.8 Å². The molecule has 28 heavy (non-hydrogen) atoms. The number of Topliss-reactive ketones (excluding diaryl/α,β-unsaturated/α-hetero) is 1. The van der Waals surface area contributed by atoms with Crippen LogP contribution in [0.4, 0.5) is 4.79 Å². The lowest BCUT2D eigenvalue weighted by Crippen LogP contribution is -2.46. The zero-order valence-corrected chi connectivity index (χ0v) is 17.6. The molecule has 1 saturated carbocycles. The van der Waals surface area contributed by atoms with E-state index >= 15 is 0 Å². The maximum absolute atomic E-state index is 12.9. The van der Waals surface area contributed by atoms with Crippen molar-refractivity contribution in [2.24, 2.45) is 0 Å². The van der Waals surface area contributed by atoms with Crippen LogP contribution in [0.5, 0.6) is 0 Å². The predicted octanol–water partition coefficient (Wildman–Crippen LogP) is 4.00. The van der Waals surface area contributed by atoms with Crippen molar-refractivity contribution in [2.75, 3.05) is 26.2 Å². The fourth-order valence-electron chi connectivity index (χ4n) is 4.77. The number of hydrogen-bond acceptors (Lipinski definition) is 4. The maximum Gasteiger partial charge on any atom is 0.409 e. The Hall–Kier alpha value is -1.82. The number of carbonyl (C=O) groups excluding carboxylic acids is 2. The van der Waals surface area contributed by atoms with Gasteiger partial charge in [-0.3, -0.25) is 4.79 Å². The minimum Gasteiger partial charge on any atom is -0.450 e. The van der Waals surface area contributed by atoms with Crippen LogP contribution in [0.2, 0.25) is 0 Å². The molecule has 0 aromatic carbocycles. The van der Waals surface area contributed by atoms with Crippen LogP contribution in [0.15, 0.2) is 6.07 Å². The van der Waals surface area contributed by atoms with Gasteiger partial charge in [-0.1, -0.05) is 19.3 Å². The van der Waals surface area contributed by atoms with Crippen LogP contribution < -0.4 is 5.32 Å². The Morgan fingerprint density at radius 1 is 1.11 bits per heavy atom. The molecule has 2 heterocycles. The van der Waals surface area contributed by atoms with Crippen molar-refractivity contribution in [2.45, 2.75) is 77.8 Å². The number of nitrogens with one attached hydrogen (secondary N) is 1. The van der Waals surface area contributed by atoms with E-state index in [0.29, 0.717) is 32.3 Å². The van der Waals surface area contributed by atoms with Gasteiger partial charge in [-0.2, -0.15) is 0 Å². The third-order valence-electron chi connectivity index (χ3n) is 6.30. The molecule has 156 valence electrons. The Morgan fingerprint density at radius 2 is 1.79 bits per heavy atom. The lowest BCUT2D eigenvalue weighted by Gasteiger charge is -2.31. The molecule has 1 aromatic heterocycles. The number of ether oxygens (including phenoxy) is 1. The van der Waals surface area contributed by atoms with Gasteiger partial charge in [-0.05, 0) is 52.5 Å². The van der Waals surface area contributed by atoms with Gasteiger partial charge in [0.1, 0.15) is 0 Å². The van der Waals surface area contributed by atoms with Gasteiger partial charge >= 0.3 is 6.09 Å². The summed E-state index contributed by atoms with van der Waals surface area (Å²) in [5, 5.41) is 3.41. The first-order valence-electron chi connectivity index (χ1n) is 10.9. The number of rotatable bonds is 6. The van der Waals surface area contributed by atoms with Crippen molar-refractivity contribution >= 4 is 11.9 Å². The summed E-state index contributed by atoms with van der Waals surface area (Å²) in [5.74, 6) is 0.169. The van der Waals surface area contributed by atoms with Gasteiger partial charge in [-0.25, -0.2) is 4.79 Å². The Labute approximate surface area is 168 Å². The third kappa shape index (κ3) is 4.77. The Kier molecular flexibility index (Phi) is 7.16. The molecule has 0 atom stereocenters. The molecule has 1 N–H and O–H groups in total. The molecule has 0 bridgehead atoms. The highest BCUT2D eigenvalue weighted by molar-refractivity contribution is 5.99. The maximum atomic E-state index is 12.9. The summed E-state index contributed by atoms with van der Waals surface area (Å²) in [6, 6.07) is 2.89. The first kappa shape index (κ1) is 20.9. The molecule has 0 unspecified atom stereocenters. The number of ketones is 1. The number of piperidine rings is 1. The number of nitrogens with zero attached hydrogens (tertiary/aromatic N) is 2. The summed E-state index contributed by atoms with van der Waals surface area (Å²) < 4.78 is 7.45. The molecule has 1 aliphatic carbocycles. The molecule has 1 aliphatic heterocycles. The molecule has 1 aromatic rings. The second-order valence-electron chi connectivity index (χ2n) is 8.21. The summed E-state index contributed by atoms with van der Waals surface area (Å²) >= 11 is 0. The van der Waals surface area contributed by atoms with E-state index in [1.54, 1.807) is 4.90 Å². The monoisotopic (exact) mass is 389 g/mol. The van der Waals surface area contributed by atoms with E-state index in [1.165, 1.54) is 37.8 Å². The average molecular weight is 390 g/mol. The number of aromatic nitrogens is 1. The number of hydrogen-bond donors (Lipinski definition) is 1. The smallest absolute Gasteiger partial charge is 0.409 e. The number of aryl methyl sites for hydroxylation is 1. The van der Waals surface area contributed by atoms with Crippen molar-refractivity contribution in [3.63, 3.8) is 0 Å². The van der Waals surface area contributed by atoms with Gasteiger partial charge in [0.2, 0.25) is 0 Å². The molecular weight excluding hydrogens is 354 g/mol. The average Bonchev–Trinajstić information content (AvgIpc) is 3.01. The van der Waals surface area contributed by atoms with Crippen LogP contribution in [0.3, 0.4) is 0 Å². The molecule has 0 spiro atoms. The second kappa shape index (κ2) is 9.59. The van der Waals surface area contributed by atoms with Crippen molar-refractivity contribution < 1.29 is 14.3 Å². The zero-order chi connectivity index (χ0) is 20.1. The number of likely N-dealkylation sites (tertiary alicyclic amines) is 1. The van der Waals surface area contributed by atoms with Crippen LogP contribution in [-0.2, 0) is 4.74 Å². The SMILES string of the molecule is CCOC(=O)N1CCC(NCC(=O)c2cc(C)n(C3CCCCC3)c2C)CC1. The highest BCUT2D eigenvalue weighted by atomic mass is 16.6. The summed E-state index contributed by atoms with van der Waals surface area (Å²) in [7, 11) is 0. The number of carbonyl (C=O) groups is 2. The van der Waals surface area contributed by atoms with Gasteiger partial charge in [0.15, 0.2) is 5.78 Å². The molecule has 0 radical (unpaired) electrons. The summed E-state index contributed by atoms with van der Waals surface area (Å²) in [6.45, 7) is 8.16. The number of amides is 1. The highest BCUT2D eigenvalue weighted by Crippen LogP contribution is 2.32. The fourth-order valence-corrected chi connectivity index (χ4v) is 4.77. The molecule has 2 fully saturated rings. The van der Waals surface area contributed by atoms with Gasteiger partial charge in [0.25, 0.3) is 0 Å². The topological polar surface area (TPSA) is 63.6 Å². The molecule has 3 rings (SSSR count). The Balaban J connectivity index is 1.52. The first-order chi connectivity index (χ1) is 13.5. The van der Waals surface area contributed by atoms with Crippen LogP contribution in [0.25, 0.3) is 0 Å². The van der Waals surface area contributed by atoms with Crippen LogP contribution in [0, 0.1) is 13.8 Å². The standard InChI is InChI=1S/C22H35N3O3/c1-4-28-22(27)24-12-10-18(11-13-24)23-15-21(26)20-14-16(2)25(17(20)3)19-8-6-5-7-9-19/h14,18-19,23H,4-13,15H2,1-3H3. The molecule has 2 aliphatic rings. The van der Waals surface area contributed by atoms with E-state index < -0.39 is 0 Å². The minimum atomic E-state index is -0.229. The van der Waals surface area contributed by atoms with E-state index in [-0.39, 0.29) is 17.9 Å². The molecule has 1 amide bonds. The fraction of sp³-hybridized carbons (Fsp3) is 0.727. The molecule has 6 heteroatoms. The molecule has 1 saturated heterocycles. The molecular formula is C22H35N3O3. The van der Waals surface area contributed by atoms with E-state index in [4.69, 9.17) is 4.74 Å². The van der Waals surface area contributed by atoms with Gasteiger partial charge in [-0.15, -0.1) is 0 Å². The van der Waals surface area contributed by atoms with Crippen LogP contribution in [-0.4, -0.2) is 53.6 Å². The van der Waals surface area contributed by atoms with Crippen molar-refractivity contribution in [1.29, 1.82) is 0 Å². The first-order valence-corrected chi connectivity index (χ1v) is 10.9. The van der Waals surface area contributed by atoms with Crippen molar-refractivity contribution in [3.05, 3.63) is 23.0 Å². The normalized spacial score (nSPS) is 19.0. The largest absolute Gasteiger partial charge is 0.450 e. The van der Waals surface area contributed by atoms with E-state index in [9.17, 15) is 9.59 Å². The van der Waals surface area contributed by atoms with Crippen molar-refractivity contribution in [3.8, 4) is 0 Å². The van der Waals surface area contributed by atoms with Crippen LogP contribution >= 0.6 is 0 Å². The van der Waals surface area contributed by atoms with E-state index in [2.05, 4.69) is 29.8 Å². The zero-order valence-electron chi connectivity index (χ0n) is 17.6. The van der Waals surface area contributed by atoms with Gasteiger partial charge < -0.3 is 19.5 Å². The molecule has 6 nitrogen and oxygen atoms in total. The second-order valence-corrected chi connectivity index (χ2v) is 8.21. The lowest BCUT2D eigenvalue weighted by molar-refractivity contribution is 0.0913.